The Balaban J connectivity index is 1.64. The van der Waals surface area contributed by atoms with Crippen LogP contribution in [0.5, 0.6) is 0 Å². The lowest BCUT2D eigenvalue weighted by molar-refractivity contribution is -0.123. The monoisotopic (exact) mass is 376 g/mol. The van der Waals surface area contributed by atoms with Crippen LogP contribution in [0.1, 0.15) is 12.2 Å². The number of halogens is 1. The van der Waals surface area contributed by atoms with Gasteiger partial charge < -0.3 is 15.1 Å². The molecular formula is C16H13ClN4O3S. The second kappa shape index (κ2) is 8.00. The number of nitrogens with zero attached hydrogens (tertiary/aromatic N) is 2. The summed E-state index contributed by atoms with van der Waals surface area (Å²) in [5.74, 6) is -0.0413. The molecule has 1 aromatic heterocycles. The number of nitrogens with one attached hydrogen (secondary N) is 2. The van der Waals surface area contributed by atoms with Gasteiger partial charge >= 0.3 is 0 Å². The van der Waals surface area contributed by atoms with E-state index in [2.05, 4.69) is 20.8 Å². The maximum Gasteiger partial charge on any atom is 0.238 e. The number of amides is 2. The van der Waals surface area contributed by atoms with Crippen molar-refractivity contribution in [1.29, 1.82) is 0 Å². The molecule has 1 saturated heterocycles. The van der Waals surface area contributed by atoms with Crippen LogP contribution in [0.2, 0.25) is 5.02 Å². The fourth-order valence-corrected chi connectivity index (χ4v) is 3.06. The molecule has 3 rings (SSSR count). The first-order valence-electron chi connectivity index (χ1n) is 7.27. The molecule has 1 aliphatic heterocycles. The van der Waals surface area contributed by atoms with E-state index < -0.39 is 5.25 Å². The average molecular weight is 377 g/mol. The van der Waals surface area contributed by atoms with E-state index in [4.69, 9.17) is 16.0 Å². The Morgan fingerprint density at radius 1 is 1.36 bits per heavy atom. The van der Waals surface area contributed by atoms with Gasteiger partial charge in [-0.25, -0.2) is 0 Å². The van der Waals surface area contributed by atoms with Crippen molar-refractivity contribution in [2.75, 3.05) is 5.32 Å². The highest BCUT2D eigenvalue weighted by molar-refractivity contribution is 8.15. The van der Waals surface area contributed by atoms with Gasteiger partial charge in [0.05, 0.1) is 12.5 Å². The van der Waals surface area contributed by atoms with Crippen LogP contribution in [-0.2, 0) is 9.59 Å². The summed E-state index contributed by atoms with van der Waals surface area (Å²) in [6.45, 7) is 0. The van der Waals surface area contributed by atoms with Crippen molar-refractivity contribution in [3.63, 3.8) is 0 Å². The first-order valence-corrected chi connectivity index (χ1v) is 8.53. The third-order valence-corrected chi connectivity index (χ3v) is 4.48. The smallest absolute Gasteiger partial charge is 0.238 e. The third-order valence-electron chi connectivity index (χ3n) is 3.15. The number of furan rings is 1. The molecule has 7 nitrogen and oxygen atoms in total. The van der Waals surface area contributed by atoms with E-state index in [1.165, 1.54) is 12.5 Å². The van der Waals surface area contributed by atoms with Gasteiger partial charge in [-0.05, 0) is 36.4 Å². The molecule has 0 spiro atoms. The van der Waals surface area contributed by atoms with Crippen LogP contribution in [0.4, 0.5) is 5.69 Å². The molecule has 1 fully saturated rings. The summed E-state index contributed by atoms with van der Waals surface area (Å²) in [5, 5.41) is 13.3. The summed E-state index contributed by atoms with van der Waals surface area (Å²) in [6.07, 6.45) is 2.99. The van der Waals surface area contributed by atoms with E-state index in [1.54, 1.807) is 36.4 Å². The second-order valence-corrected chi connectivity index (χ2v) is 6.65. The predicted octanol–water partition coefficient (Wildman–Crippen LogP) is 2.88. The van der Waals surface area contributed by atoms with Gasteiger partial charge in [0.2, 0.25) is 11.8 Å². The van der Waals surface area contributed by atoms with Crippen molar-refractivity contribution >= 4 is 52.2 Å². The van der Waals surface area contributed by atoms with Crippen LogP contribution in [0.3, 0.4) is 0 Å². The molecule has 0 unspecified atom stereocenters. The first kappa shape index (κ1) is 17.2. The largest absolute Gasteiger partial charge is 0.463 e. The van der Waals surface area contributed by atoms with Crippen LogP contribution in [0, 0.1) is 0 Å². The topological polar surface area (TPSA) is 96.1 Å². The van der Waals surface area contributed by atoms with E-state index in [0.29, 0.717) is 16.5 Å². The molecule has 1 aromatic carbocycles. The van der Waals surface area contributed by atoms with E-state index >= 15 is 0 Å². The molecule has 0 radical (unpaired) electrons. The highest BCUT2D eigenvalue weighted by Crippen LogP contribution is 2.23. The van der Waals surface area contributed by atoms with Gasteiger partial charge in [-0.15, -0.1) is 5.10 Å². The quantitative estimate of drug-likeness (QED) is 0.633. The number of thioether (sulfide) groups is 1. The molecule has 2 aromatic rings. The number of anilines is 1. The van der Waals surface area contributed by atoms with Crippen molar-refractivity contribution in [3.8, 4) is 0 Å². The second-order valence-electron chi connectivity index (χ2n) is 5.02. The zero-order valence-electron chi connectivity index (χ0n) is 12.8. The number of hydrogen-bond acceptors (Lipinski definition) is 6. The minimum atomic E-state index is -0.595. The molecule has 2 amide bonds. The molecule has 0 saturated carbocycles. The predicted molar refractivity (Wildman–Crippen MR) is 98.0 cm³/mol. The summed E-state index contributed by atoms with van der Waals surface area (Å²) in [7, 11) is 0. The lowest BCUT2D eigenvalue weighted by Crippen LogP contribution is -2.41. The Labute approximate surface area is 152 Å². The van der Waals surface area contributed by atoms with Crippen LogP contribution in [-0.4, -0.2) is 28.4 Å². The minimum Gasteiger partial charge on any atom is -0.463 e. The fraction of sp³-hybridized carbons (Fsp3) is 0.125. The first-order chi connectivity index (χ1) is 12.1. The van der Waals surface area contributed by atoms with Crippen molar-refractivity contribution in [2.24, 2.45) is 10.2 Å². The van der Waals surface area contributed by atoms with Crippen LogP contribution in [0.25, 0.3) is 0 Å². The van der Waals surface area contributed by atoms with Crippen LogP contribution in [0.15, 0.2) is 57.3 Å². The number of carbonyl (C=O) groups excluding carboxylic acids is 2. The molecule has 9 heteroatoms. The number of rotatable bonds is 4. The Bertz CT molecular complexity index is 818. The normalized spacial score (nSPS) is 19.2. The van der Waals surface area contributed by atoms with Gasteiger partial charge in [0, 0.05) is 17.1 Å². The molecule has 0 bridgehead atoms. The van der Waals surface area contributed by atoms with E-state index in [0.717, 1.165) is 11.8 Å². The summed E-state index contributed by atoms with van der Waals surface area (Å²) >= 11 is 6.95. The van der Waals surface area contributed by atoms with Gasteiger partial charge in [-0.2, -0.15) is 5.10 Å². The Kier molecular flexibility index (Phi) is 5.52. The molecule has 2 N–H and O–H groups in total. The molecule has 1 atom stereocenters. The van der Waals surface area contributed by atoms with Gasteiger partial charge in [0.1, 0.15) is 11.0 Å². The molecule has 2 heterocycles. The number of benzene rings is 1. The molecular weight excluding hydrogens is 364 g/mol. The number of hydrogen-bond donors (Lipinski definition) is 2. The molecule has 1 aliphatic rings. The molecule has 128 valence electrons. The summed E-state index contributed by atoms with van der Waals surface area (Å²) in [4.78, 5) is 24.2. The van der Waals surface area contributed by atoms with Crippen molar-refractivity contribution in [3.05, 3.63) is 53.4 Å². The summed E-state index contributed by atoms with van der Waals surface area (Å²) in [5.41, 5.74) is 0.607. The van der Waals surface area contributed by atoms with Crippen molar-refractivity contribution in [1.82, 2.24) is 5.32 Å². The van der Waals surface area contributed by atoms with Crippen molar-refractivity contribution in [2.45, 2.75) is 11.7 Å². The highest BCUT2D eigenvalue weighted by Gasteiger charge is 2.30. The highest BCUT2D eigenvalue weighted by atomic mass is 35.5. The SMILES string of the molecule is O=C1C[C@H](C(=O)Nc2ccc(Cl)cc2)SC(=N/N=C\c2ccco2)N1. The van der Waals surface area contributed by atoms with Gasteiger partial charge in [-0.3, -0.25) is 9.59 Å². The van der Waals surface area contributed by atoms with Crippen LogP contribution >= 0.6 is 23.4 Å². The maximum absolute atomic E-state index is 12.4. The Morgan fingerprint density at radius 2 is 2.16 bits per heavy atom. The minimum absolute atomic E-state index is 0.0605. The van der Waals surface area contributed by atoms with E-state index in [1.807, 2.05) is 0 Å². The van der Waals surface area contributed by atoms with Crippen molar-refractivity contribution < 1.29 is 14.0 Å². The number of carbonyl (C=O) groups is 2. The maximum atomic E-state index is 12.4. The zero-order valence-corrected chi connectivity index (χ0v) is 14.4. The third kappa shape index (κ3) is 4.94. The Hall–Kier alpha value is -2.58. The molecule has 25 heavy (non-hydrogen) atoms. The Morgan fingerprint density at radius 3 is 2.88 bits per heavy atom. The van der Waals surface area contributed by atoms with Gasteiger partial charge in [0.25, 0.3) is 0 Å². The lowest BCUT2D eigenvalue weighted by atomic mass is 10.2. The van der Waals surface area contributed by atoms with Gasteiger partial charge in [0.15, 0.2) is 5.17 Å². The van der Waals surface area contributed by atoms with E-state index in [9.17, 15) is 9.59 Å². The van der Waals surface area contributed by atoms with Crippen LogP contribution < -0.4 is 10.6 Å². The standard InChI is InChI=1S/C16H13ClN4O3S/c17-10-3-5-11(6-4-10)19-15(23)13-8-14(22)20-16(25-13)21-18-9-12-2-1-7-24-12/h1-7,9,13H,8H2,(H,19,23)(H,20,21,22)/b18-9-/t13-/m1/s1. The average Bonchev–Trinajstić information content (AvgIpc) is 3.10. The van der Waals surface area contributed by atoms with Gasteiger partial charge in [-0.1, -0.05) is 23.4 Å². The van der Waals surface area contributed by atoms with E-state index in [-0.39, 0.29) is 23.4 Å². The summed E-state index contributed by atoms with van der Waals surface area (Å²) in [6, 6.07) is 10.2. The molecule has 0 aliphatic carbocycles. The summed E-state index contributed by atoms with van der Waals surface area (Å²) < 4.78 is 5.09. The zero-order chi connectivity index (χ0) is 17.6. The number of amidine groups is 1. The lowest BCUT2D eigenvalue weighted by Gasteiger charge is -2.21. The fourth-order valence-electron chi connectivity index (χ4n) is 2.00.